The summed E-state index contributed by atoms with van der Waals surface area (Å²) < 4.78 is 5.81. The van der Waals surface area contributed by atoms with E-state index in [2.05, 4.69) is 26.5 Å². The number of hydrogen-bond acceptors (Lipinski definition) is 3. The third kappa shape index (κ3) is 3.29. The Hall–Kier alpha value is -1.88. The molecule has 0 fully saturated rings. The zero-order valence-electron chi connectivity index (χ0n) is 8.76. The van der Waals surface area contributed by atoms with Gasteiger partial charge in [0.25, 0.3) is 5.91 Å². The highest BCUT2D eigenvalue weighted by Crippen LogP contribution is 2.11. The van der Waals surface area contributed by atoms with E-state index < -0.39 is 0 Å². The first-order valence-electron chi connectivity index (χ1n) is 4.89. The number of halogens is 1. The number of hydrogen-bond donors (Lipinski definition) is 1. The van der Waals surface area contributed by atoms with Crippen LogP contribution in [0.5, 0.6) is 0 Å². The lowest BCUT2D eigenvalue weighted by Crippen LogP contribution is -2.17. The Morgan fingerprint density at radius 1 is 1.24 bits per heavy atom. The predicted molar refractivity (Wildman–Crippen MR) is 67.9 cm³/mol. The van der Waals surface area contributed by atoms with E-state index in [4.69, 9.17) is 4.42 Å². The highest BCUT2D eigenvalue weighted by molar-refractivity contribution is 9.10. The van der Waals surface area contributed by atoms with Crippen molar-refractivity contribution in [1.82, 2.24) is 5.43 Å². The average molecular weight is 293 g/mol. The fraction of sp³-hybridized carbons (Fsp3) is 0. The van der Waals surface area contributed by atoms with Gasteiger partial charge in [0.15, 0.2) is 4.67 Å². The Bertz CT molecular complexity index is 534. The van der Waals surface area contributed by atoms with Gasteiger partial charge >= 0.3 is 0 Å². The summed E-state index contributed by atoms with van der Waals surface area (Å²) in [5.74, 6) is 0.303. The van der Waals surface area contributed by atoms with E-state index in [1.54, 1.807) is 36.4 Å². The minimum atomic E-state index is -0.257. The lowest BCUT2D eigenvalue weighted by molar-refractivity contribution is 0.0955. The number of benzene rings is 1. The van der Waals surface area contributed by atoms with Crippen LogP contribution in [-0.4, -0.2) is 12.1 Å². The quantitative estimate of drug-likeness (QED) is 0.699. The molecule has 0 unspecified atom stereocenters. The maximum absolute atomic E-state index is 11.6. The van der Waals surface area contributed by atoms with E-state index in [1.165, 1.54) is 6.21 Å². The van der Waals surface area contributed by atoms with Gasteiger partial charge in [-0.3, -0.25) is 4.79 Å². The fourth-order valence-corrected chi connectivity index (χ4v) is 1.53. The second-order valence-corrected chi connectivity index (χ2v) is 3.99. The third-order valence-electron chi connectivity index (χ3n) is 1.99. The summed E-state index contributed by atoms with van der Waals surface area (Å²) in [7, 11) is 0. The van der Waals surface area contributed by atoms with Crippen molar-refractivity contribution in [1.29, 1.82) is 0 Å². The molecule has 1 aromatic heterocycles. The summed E-state index contributed by atoms with van der Waals surface area (Å²) in [6.07, 6.45) is 1.44. The average Bonchev–Trinajstić information content (AvgIpc) is 2.76. The van der Waals surface area contributed by atoms with Gasteiger partial charge in [0.05, 0.1) is 6.21 Å². The van der Waals surface area contributed by atoms with Crippen LogP contribution in [-0.2, 0) is 0 Å². The van der Waals surface area contributed by atoms with E-state index >= 15 is 0 Å². The van der Waals surface area contributed by atoms with Crippen molar-refractivity contribution in [3.63, 3.8) is 0 Å². The number of carbonyl (C=O) groups excluding carboxylic acids is 1. The monoisotopic (exact) mass is 292 g/mol. The first-order valence-corrected chi connectivity index (χ1v) is 5.69. The second kappa shape index (κ2) is 5.45. The second-order valence-electron chi connectivity index (χ2n) is 3.21. The Morgan fingerprint density at radius 3 is 2.65 bits per heavy atom. The van der Waals surface area contributed by atoms with Crippen LogP contribution in [0.25, 0.3) is 0 Å². The van der Waals surface area contributed by atoms with Crippen LogP contribution in [0.15, 0.2) is 56.7 Å². The van der Waals surface area contributed by atoms with Gasteiger partial charge in [0, 0.05) is 5.56 Å². The summed E-state index contributed by atoms with van der Waals surface area (Å²) in [5.41, 5.74) is 2.97. The van der Waals surface area contributed by atoms with Gasteiger partial charge in [-0.2, -0.15) is 5.10 Å². The number of amides is 1. The van der Waals surface area contributed by atoms with Gasteiger partial charge < -0.3 is 4.42 Å². The Kier molecular flexibility index (Phi) is 3.72. The van der Waals surface area contributed by atoms with E-state index in [-0.39, 0.29) is 5.91 Å². The van der Waals surface area contributed by atoms with Gasteiger partial charge in [0.2, 0.25) is 0 Å². The molecule has 2 rings (SSSR count). The topological polar surface area (TPSA) is 54.6 Å². The molecule has 1 N–H and O–H groups in total. The fourth-order valence-electron chi connectivity index (χ4n) is 1.21. The number of nitrogens with zero attached hydrogens (tertiary/aromatic N) is 1. The number of rotatable bonds is 3. The Morgan fingerprint density at radius 2 is 2.00 bits per heavy atom. The van der Waals surface area contributed by atoms with Crippen LogP contribution >= 0.6 is 15.9 Å². The maximum Gasteiger partial charge on any atom is 0.271 e. The normalized spacial score (nSPS) is 10.6. The molecule has 0 aliphatic carbocycles. The van der Waals surface area contributed by atoms with Crippen molar-refractivity contribution in [2.24, 2.45) is 5.10 Å². The molecule has 0 atom stereocenters. The van der Waals surface area contributed by atoms with E-state index in [9.17, 15) is 4.79 Å². The maximum atomic E-state index is 11.6. The van der Waals surface area contributed by atoms with Crippen LogP contribution < -0.4 is 5.43 Å². The molecule has 4 nitrogen and oxygen atoms in total. The van der Waals surface area contributed by atoms with Crippen LogP contribution in [0.2, 0.25) is 0 Å². The summed E-state index contributed by atoms with van der Waals surface area (Å²) >= 11 is 3.17. The first kappa shape index (κ1) is 11.6. The molecule has 0 radical (unpaired) electrons. The van der Waals surface area contributed by atoms with Crippen molar-refractivity contribution >= 4 is 28.1 Å². The lowest BCUT2D eigenvalue weighted by Gasteiger charge is -1.97. The molecule has 5 heteroatoms. The minimum Gasteiger partial charge on any atom is -0.448 e. The molecule has 0 aliphatic rings. The molecule has 1 aromatic carbocycles. The lowest BCUT2D eigenvalue weighted by atomic mass is 10.2. The molecule has 0 bridgehead atoms. The van der Waals surface area contributed by atoms with Gasteiger partial charge in [-0.1, -0.05) is 18.2 Å². The largest absolute Gasteiger partial charge is 0.448 e. The number of hydrazone groups is 1. The van der Waals surface area contributed by atoms with Gasteiger partial charge in [-0.25, -0.2) is 5.43 Å². The number of carbonyl (C=O) groups is 1. The van der Waals surface area contributed by atoms with Crippen molar-refractivity contribution in [3.05, 3.63) is 58.5 Å². The summed E-state index contributed by atoms with van der Waals surface area (Å²) in [6, 6.07) is 12.4. The van der Waals surface area contributed by atoms with Gasteiger partial charge in [-0.05, 0) is 40.2 Å². The SMILES string of the molecule is O=C(N/N=C/c1ccc(Br)o1)c1ccccc1. The van der Waals surface area contributed by atoms with Crippen LogP contribution in [0.4, 0.5) is 0 Å². The van der Waals surface area contributed by atoms with Crippen molar-refractivity contribution in [2.45, 2.75) is 0 Å². The van der Waals surface area contributed by atoms with Crippen molar-refractivity contribution in [2.75, 3.05) is 0 Å². The molecule has 0 saturated carbocycles. The Labute approximate surface area is 106 Å². The number of furan rings is 1. The molecule has 0 saturated heterocycles. The zero-order valence-corrected chi connectivity index (χ0v) is 10.3. The van der Waals surface area contributed by atoms with Gasteiger partial charge in [-0.15, -0.1) is 0 Å². The standard InChI is InChI=1S/C12H9BrN2O2/c13-11-7-6-10(17-11)8-14-15-12(16)9-4-2-1-3-5-9/h1-8H,(H,15,16)/b14-8+. The van der Waals surface area contributed by atoms with Gasteiger partial charge in [0.1, 0.15) is 5.76 Å². The van der Waals surface area contributed by atoms with Crippen molar-refractivity contribution in [3.8, 4) is 0 Å². The highest BCUT2D eigenvalue weighted by Gasteiger charge is 2.01. The molecule has 0 spiro atoms. The zero-order chi connectivity index (χ0) is 12.1. The molecular weight excluding hydrogens is 284 g/mol. The molecule has 1 amide bonds. The van der Waals surface area contributed by atoms with Crippen LogP contribution in [0.3, 0.4) is 0 Å². The molecule has 1 heterocycles. The van der Waals surface area contributed by atoms with Crippen LogP contribution in [0.1, 0.15) is 16.1 Å². The van der Waals surface area contributed by atoms with Crippen LogP contribution in [0, 0.1) is 0 Å². The third-order valence-corrected chi connectivity index (χ3v) is 2.41. The molecular formula is C12H9BrN2O2. The Balaban J connectivity index is 1.95. The van der Waals surface area contributed by atoms with Crippen molar-refractivity contribution < 1.29 is 9.21 Å². The molecule has 17 heavy (non-hydrogen) atoms. The molecule has 2 aromatic rings. The summed E-state index contributed by atoms with van der Waals surface area (Å²) in [4.78, 5) is 11.6. The summed E-state index contributed by atoms with van der Waals surface area (Å²) in [5, 5.41) is 3.79. The number of nitrogens with one attached hydrogen (secondary N) is 1. The summed E-state index contributed by atoms with van der Waals surface area (Å²) in [6.45, 7) is 0. The predicted octanol–water partition coefficient (Wildman–Crippen LogP) is 2.81. The van der Waals surface area contributed by atoms with E-state index in [0.717, 1.165) is 0 Å². The smallest absolute Gasteiger partial charge is 0.271 e. The van der Waals surface area contributed by atoms with E-state index in [0.29, 0.717) is 16.0 Å². The molecule has 0 aliphatic heterocycles. The minimum absolute atomic E-state index is 0.257. The molecule has 86 valence electrons. The highest BCUT2D eigenvalue weighted by atomic mass is 79.9. The van der Waals surface area contributed by atoms with E-state index in [1.807, 2.05) is 6.07 Å². The first-order chi connectivity index (χ1) is 8.25.